The molecule has 7 nitrogen and oxygen atoms in total. The summed E-state index contributed by atoms with van der Waals surface area (Å²) in [6.07, 6.45) is 0. The van der Waals surface area contributed by atoms with E-state index in [0.29, 0.717) is 39.9 Å². The van der Waals surface area contributed by atoms with Crippen LogP contribution in [0.3, 0.4) is 0 Å². The average molecular weight is 448 g/mol. The van der Waals surface area contributed by atoms with E-state index in [0.717, 1.165) is 5.56 Å². The smallest absolute Gasteiger partial charge is 0.341 e. The van der Waals surface area contributed by atoms with Gasteiger partial charge >= 0.3 is 10.1 Å². The molecule has 1 aromatic heterocycles. The van der Waals surface area contributed by atoms with Crippen molar-refractivity contribution in [2.45, 2.75) is 25.7 Å². The Balaban J connectivity index is 1.62. The zero-order chi connectivity index (χ0) is 22.6. The third-order valence-corrected chi connectivity index (χ3v) is 6.89. The van der Waals surface area contributed by atoms with Gasteiger partial charge in [0.05, 0.1) is 17.1 Å². The van der Waals surface area contributed by atoms with Gasteiger partial charge < -0.3 is 9.08 Å². The number of aromatic nitrogens is 2. The minimum atomic E-state index is -4.20. The van der Waals surface area contributed by atoms with Gasteiger partial charge in [0.25, 0.3) is 5.91 Å². The first-order chi connectivity index (χ1) is 15.3. The second kappa shape index (κ2) is 7.20. The van der Waals surface area contributed by atoms with Crippen LogP contribution in [0.1, 0.15) is 28.5 Å². The lowest BCUT2D eigenvalue weighted by Gasteiger charge is -2.15. The molecule has 0 atom stereocenters. The summed E-state index contributed by atoms with van der Waals surface area (Å²) in [7, 11) is -4.20. The van der Waals surface area contributed by atoms with Gasteiger partial charge in [-0.25, -0.2) is 0 Å². The van der Waals surface area contributed by atoms with Gasteiger partial charge in [-0.1, -0.05) is 29.8 Å². The Hall–Kier alpha value is -3.65. The lowest BCUT2D eigenvalue weighted by atomic mass is 10.1. The number of benzene rings is 3. The minimum absolute atomic E-state index is 0.0122. The number of hydrogen-bond acceptors (Lipinski definition) is 5. The summed E-state index contributed by atoms with van der Waals surface area (Å²) in [5, 5.41) is 5.49. The van der Waals surface area contributed by atoms with Gasteiger partial charge in [-0.15, -0.1) is 0 Å². The lowest BCUT2D eigenvalue weighted by molar-refractivity contribution is 0.0994. The molecule has 0 radical (unpaired) electrons. The summed E-state index contributed by atoms with van der Waals surface area (Å²) in [4.78, 5) is 14.4. The zero-order valence-corrected chi connectivity index (χ0v) is 18.7. The molecule has 0 spiro atoms. The van der Waals surface area contributed by atoms with Crippen LogP contribution in [0, 0.1) is 13.8 Å². The fourth-order valence-corrected chi connectivity index (χ4v) is 5.22. The molecule has 0 N–H and O–H groups in total. The average Bonchev–Trinajstić information content (AvgIpc) is 3.26. The van der Waals surface area contributed by atoms with Crippen LogP contribution in [0.5, 0.6) is 5.88 Å². The van der Waals surface area contributed by atoms with Crippen LogP contribution in [0.4, 0.5) is 5.69 Å². The molecular formula is C24H21N3O4S. The lowest BCUT2D eigenvalue weighted by Crippen LogP contribution is -2.25. The van der Waals surface area contributed by atoms with Crippen LogP contribution in [-0.2, 0) is 10.1 Å². The molecule has 0 fully saturated rings. The van der Waals surface area contributed by atoms with Gasteiger partial charge in [0, 0.05) is 28.9 Å². The second-order valence-electron chi connectivity index (χ2n) is 7.77. The predicted molar refractivity (Wildman–Crippen MR) is 122 cm³/mol. The molecule has 0 aliphatic carbocycles. The van der Waals surface area contributed by atoms with Crippen LogP contribution >= 0.6 is 0 Å². The van der Waals surface area contributed by atoms with Gasteiger partial charge in [-0.3, -0.25) is 4.79 Å². The molecule has 0 saturated heterocycles. The molecule has 1 amide bonds. The van der Waals surface area contributed by atoms with Crippen molar-refractivity contribution in [3.05, 3.63) is 77.5 Å². The molecule has 5 rings (SSSR count). The van der Waals surface area contributed by atoms with Crippen molar-refractivity contribution in [3.8, 4) is 11.6 Å². The fourth-order valence-electron chi connectivity index (χ4n) is 4.11. The quantitative estimate of drug-likeness (QED) is 0.424. The molecule has 8 heteroatoms. The Kier molecular flexibility index (Phi) is 4.56. The Morgan fingerprint density at radius 3 is 2.47 bits per heavy atom. The summed E-state index contributed by atoms with van der Waals surface area (Å²) in [6.45, 7) is 6.13. The summed E-state index contributed by atoms with van der Waals surface area (Å²) < 4.78 is 33.8. The van der Waals surface area contributed by atoms with E-state index in [9.17, 15) is 13.2 Å². The molecule has 0 bridgehead atoms. The van der Waals surface area contributed by atoms with Crippen LogP contribution in [0.2, 0.25) is 0 Å². The van der Waals surface area contributed by atoms with Gasteiger partial charge in [0.2, 0.25) is 5.88 Å². The largest absolute Gasteiger partial charge is 0.358 e. The fraction of sp³-hybridized carbons (Fsp3) is 0.167. The highest BCUT2D eigenvalue weighted by Gasteiger charge is 2.32. The molecule has 1 aliphatic rings. The number of rotatable bonds is 5. The third kappa shape index (κ3) is 3.06. The Morgan fingerprint density at radius 2 is 1.75 bits per heavy atom. The maximum atomic E-state index is 13.4. The summed E-state index contributed by atoms with van der Waals surface area (Å²) in [5.74, 6) is -0.0301. The molecule has 0 unspecified atom stereocenters. The molecule has 0 saturated carbocycles. The number of carbonyl (C=O) groups excluding carboxylic acids is 1. The highest BCUT2D eigenvalue weighted by molar-refractivity contribution is 7.87. The number of hydrogen-bond donors (Lipinski definition) is 0. The highest BCUT2D eigenvalue weighted by Crippen LogP contribution is 2.40. The number of nitrogens with zero attached hydrogens (tertiary/aromatic N) is 3. The van der Waals surface area contributed by atoms with E-state index in [4.69, 9.17) is 4.18 Å². The molecule has 1 aliphatic heterocycles. The Bertz CT molecular complexity index is 1490. The van der Waals surface area contributed by atoms with Crippen LogP contribution in [0.25, 0.3) is 16.5 Å². The highest BCUT2D eigenvalue weighted by atomic mass is 32.2. The SMILES string of the molecule is CCN1C(=O)c2cccc3c(S(=O)(=O)Oc4cc(C)nn4-c4ccc(C)cc4)ccc1c23. The van der Waals surface area contributed by atoms with E-state index in [2.05, 4.69) is 5.10 Å². The number of amides is 1. The molecule has 3 aromatic carbocycles. The van der Waals surface area contributed by atoms with Crippen molar-refractivity contribution in [3.63, 3.8) is 0 Å². The number of anilines is 1. The normalized spacial score (nSPS) is 13.2. The first-order valence-corrected chi connectivity index (χ1v) is 11.7. The van der Waals surface area contributed by atoms with Crippen LogP contribution in [0.15, 0.2) is 65.6 Å². The van der Waals surface area contributed by atoms with Gasteiger partial charge in [-0.05, 0) is 51.1 Å². The van der Waals surface area contributed by atoms with Crippen molar-refractivity contribution in [2.24, 2.45) is 0 Å². The molecule has 2 heterocycles. The van der Waals surface area contributed by atoms with Crippen LogP contribution in [-0.4, -0.2) is 30.7 Å². The monoisotopic (exact) mass is 447 g/mol. The molecular weight excluding hydrogens is 426 g/mol. The summed E-state index contributed by atoms with van der Waals surface area (Å²) in [6, 6.07) is 17.4. The second-order valence-corrected chi connectivity index (χ2v) is 9.28. The summed E-state index contributed by atoms with van der Waals surface area (Å²) in [5.41, 5.74) is 3.61. The van der Waals surface area contributed by atoms with E-state index < -0.39 is 10.1 Å². The molecule has 32 heavy (non-hydrogen) atoms. The molecule has 162 valence electrons. The summed E-state index contributed by atoms with van der Waals surface area (Å²) >= 11 is 0. The third-order valence-electron chi connectivity index (χ3n) is 5.60. The first-order valence-electron chi connectivity index (χ1n) is 10.3. The van der Waals surface area contributed by atoms with Crippen molar-refractivity contribution >= 4 is 32.5 Å². The van der Waals surface area contributed by atoms with Crippen molar-refractivity contribution in [1.82, 2.24) is 9.78 Å². The zero-order valence-electron chi connectivity index (χ0n) is 17.9. The van der Waals surface area contributed by atoms with E-state index in [1.54, 1.807) is 42.2 Å². The van der Waals surface area contributed by atoms with Crippen molar-refractivity contribution in [2.75, 3.05) is 11.4 Å². The minimum Gasteiger partial charge on any atom is -0.358 e. The predicted octanol–water partition coefficient (Wildman–Crippen LogP) is 4.39. The van der Waals surface area contributed by atoms with E-state index in [-0.39, 0.29) is 16.7 Å². The van der Waals surface area contributed by atoms with Crippen molar-refractivity contribution in [1.29, 1.82) is 0 Å². The number of carbonyl (C=O) groups is 1. The number of aryl methyl sites for hydroxylation is 2. The van der Waals surface area contributed by atoms with Crippen molar-refractivity contribution < 1.29 is 17.4 Å². The van der Waals surface area contributed by atoms with Gasteiger partial charge in [0.1, 0.15) is 4.90 Å². The van der Waals surface area contributed by atoms with Gasteiger partial charge in [0.15, 0.2) is 0 Å². The molecule has 4 aromatic rings. The topological polar surface area (TPSA) is 81.5 Å². The Labute approximate surface area is 186 Å². The van der Waals surface area contributed by atoms with E-state index >= 15 is 0 Å². The maximum Gasteiger partial charge on any atom is 0.341 e. The first kappa shape index (κ1) is 20.3. The van der Waals surface area contributed by atoms with Crippen LogP contribution < -0.4 is 9.08 Å². The van der Waals surface area contributed by atoms with E-state index in [1.807, 2.05) is 38.1 Å². The maximum absolute atomic E-state index is 13.4. The van der Waals surface area contributed by atoms with E-state index in [1.165, 1.54) is 10.7 Å². The standard InChI is InChI=1S/C24H21N3O4S/c1-4-26-20-12-13-21(18-6-5-7-19(23(18)20)24(26)28)32(29,30)31-22-14-16(3)25-27(22)17-10-8-15(2)9-11-17/h5-14H,4H2,1-3H3. The Morgan fingerprint density at radius 1 is 1.00 bits per heavy atom. The van der Waals surface area contributed by atoms with Gasteiger partial charge in [-0.2, -0.15) is 18.2 Å².